The lowest BCUT2D eigenvalue weighted by Crippen LogP contribution is -2.51. The van der Waals surface area contributed by atoms with Gasteiger partial charge in [-0.3, -0.25) is 9.87 Å². The number of nitrogens with one attached hydrogen (secondary N) is 1. The molecule has 8 heteroatoms. The van der Waals surface area contributed by atoms with Crippen molar-refractivity contribution in [2.24, 2.45) is 5.73 Å². The van der Waals surface area contributed by atoms with Crippen LogP contribution in [0.1, 0.15) is 20.3 Å². The quantitative estimate of drug-likeness (QED) is 0.359. The van der Waals surface area contributed by atoms with Gasteiger partial charge in [-0.15, -0.1) is 0 Å². The van der Waals surface area contributed by atoms with Gasteiger partial charge in [-0.05, 0) is 31.7 Å². The Morgan fingerprint density at radius 3 is 2.54 bits per heavy atom. The fourth-order valence-corrected chi connectivity index (χ4v) is 2.76. The summed E-state index contributed by atoms with van der Waals surface area (Å²) in [4.78, 5) is -0.306. The summed E-state index contributed by atoms with van der Waals surface area (Å²) in [5.74, 6) is 0.101. The molecule has 0 saturated heterocycles. The lowest BCUT2D eigenvalue weighted by Gasteiger charge is -2.26. The third-order valence-corrected chi connectivity index (χ3v) is 4.02. The Morgan fingerprint density at radius 1 is 1.33 bits per heavy atom. The molecule has 0 spiro atoms. The van der Waals surface area contributed by atoms with Crippen LogP contribution in [0, 0.1) is 0 Å². The number of nitrogen functional groups attached to an aromatic ring is 1. The molecule has 7 nitrogen and oxygen atoms in total. The van der Waals surface area contributed by atoms with E-state index in [0.717, 1.165) is 19.0 Å². The normalized spacial score (nSPS) is 19.5. The van der Waals surface area contributed by atoms with E-state index in [1.165, 1.54) is 12.1 Å². The second kappa shape index (κ2) is 8.84. The van der Waals surface area contributed by atoms with Crippen molar-refractivity contribution in [2.45, 2.75) is 30.8 Å². The number of anilines is 1. The topological polar surface area (TPSA) is 128 Å². The molecule has 1 atom stereocenters. The van der Waals surface area contributed by atoms with Gasteiger partial charge in [0.25, 0.3) is 10.1 Å². The summed E-state index contributed by atoms with van der Waals surface area (Å²) in [6, 6.07) is 4.06. The van der Waals surface area contributed by atoms with Crippen LogP contribution in [0.5, 0.6) is 5.75 Å². The fourth-order valence-electron chi connectivity index (χ4n) is 2.10. The van der Waals surface area contributed by atoms with Crippen molar-refractivity contribution in [3.05, 3.63) is 42.5 Å². The molecule has 6 N–H and O–H groups in total. The van der Waals surface area contributed by atoms with Gasteiger partial charge in [-0.2, -0.15) is 8.42 Å². The van der Waals surface area contributed by atoms with Crippen molar-refractivity contribution in [3.8, 4) is 5.75 Å². The highest BCUT2D eigenvalue weighted by Crippen LogP contribution is 2.25. The molecule has 24 heavy (non-hydrogen) atoms. The van der Waals surface area contributed by atoms with E-state index < -0.39 is 10.1 Å². The highest BCUT2D eigenvalue weighted by molar-refractivity contribution is 7.86. The number of hydrogen-bond donors (Lipinski definition) is 4. The molecule has 1 aliphatic carbocycles. The van der Waals surface area contributed by atoms with Crippen molar-refractivity contribution in [2.75, 3.05) is 18.9 Å². The van der Waals surface area contributed by atoms with Crippen LogP contribution < -0.4 is 21.5 Å². The van der Waals surface area contributed by atoms with Crippen LogP contribution in [-0.4, -0.2) is 31.8 Å². The zero-order valence-corrected chi connectivity index (χ0v) is 14.7. The molecule has 1 unspecified atom stereocenters. The largest absolute Gasteiger partial charge is 0.492 e. The maximum Gasteiger partial charge on any atom is 0.298 e. The van der Waals surface area contributed by atoms with Crippen molar-refractivity contribution in [1.82, 2.24) is 5.32 Å². The van der Waals surface area contributed by atoms with Crippen LogP contribution in [0.4, 0.5) is 5.69 Å². The predicted octanol–water partition coefficient (Wildman–Crippen LogP) is 1.68. The van der Waals surface area contributed by atoms with E-state index in [-0.39, 0.29) is 22.0 Å². The second-order valence-electron chi connectivity index (χ2n) is 5.18. The van der Waals surface area contributed by atoms with E-state index in [1.54, 1.807) is 6.92 Å². The van der Waals surface area contributed by atoms with Crippen LogP contribution in [0.25, 0.3) is 0 Å². The van der Waals surface area contributed by atoms with Gasteiger partial charge in [0.2, 0.25) is 0 Å². The molecule has 0 amide bonds. The van der Waals surface area contributed by atoms with Crippen molar-refractivity contribution in [3.63, 3.8) is 0 Å². The number of rotatable bonds is 5. The Labute approximate surface area is 143 Å². The van der Waals surface area contributed by atoms with Crippen LogP contribution >= 0.6 is 0 Å². The zero-order chi connectivity index (χ0) is 18.2. The average molecular weight is 355 g/mol. The molecular formula is C16H25N3O4S. The smallest absolute Gasteiger partial charge is 0.298 e. The van der Waals surface area contributed by atoms with Crippen LogP contribution in [-0.2, 0) is 10.1 Å². The van der Waals surface area contributed by atoms with Gasteiger partial charge >= 0.3 is 0 Å². The van der Waals surface area contributed by atoms with Gasteiger partial charge in [0.1, 0.15) is 10.6 Å². The van der Waals surface area contributed by atoms with Gasteiger partial charge in [0.15, 0.2) is 0 Å². The van der Waals surface area contributed by atoms with E-state index in [1.807, 2.05) is 18.2 Å². The van der Waals surface area contributed by atoms with Crippen molar-refractivity contribution in [1.29, 1.82) is 0 Å². The molecule has 0 heterocycles. The molecule has 0 bridgehead atoms. The van der Waals surface area contributed by atoms with E-state index >= 15 is 0 Å². The highest BCUT2D eigenvalue weighted by Gasteiger charge is 2.18. The third kappa shape index (κ3) is 6.32. The molecule has 0 aromatic heterocycles. The Hall–Kier alpha value is -1.87. The van der Waals surface area contributed by atoms with Crippen LogP contribution in [0.15, 0.2) is 47.4 Å². The second-order valence-corrected chi connectivity index (χ2v) is 6.57. The van der Waals surface area contributed by atoms with Gasteiger partial charge in [-0.25, -0.2) is 0 Å². The molecule has 1 aliphatic rings. The number of likely N-dealkylation sites (N-methyl/N-ethyl adjacent to an activating group) is 1. The monoisotopic (exact) mass is 355 g/mol. The molecular weight excluding hydrogens is 330 g/mol. The first-order valence-electron chi connectivity index (χ1n) is 7.60. The molecule has 134 valence electrons. The first kappa shape index (κ1) is 20.2. The van der Waals surface area contributed by atoms with E-state index in [9.17, 15) is 8.42 Å². The Balaban J connectivity index is 0.000000254. The molecule has 0 radical (unpaired) electrons. The maximum absolute atomic E-state index is 10.9. The van der Waals surface area contributed by atoms with Gasteiger partial charge in [-0.1, -0.05) is 31.2 Å². The SMILES string of the molecule is CCNC1(N)C=CC=CC1.CCOc1ccc(N)cc1S(=O)(=O)O. The number of benzene rings is 1. The number of nitrogens with two attached hydrogens (primary N) is 2. The minimum atomic E-state index is -4.28. The van der Waals surface area contributed by atoms with E-state index in [4.69, 9.17) is 20.8 Å². The molecule has 0 fully saturated rings. The first-order valence-corrected chi connectivity index (χ1v) is 9.04. The van der Waals surface area contributed by atoms with Gasteiger partial charge in [0.05, 0.1) is 12.3 Å². The Morgan fingerprint density at radius 2 is 2.04 bits per heavy atom. The van der Waals surface area contributed by atoms with Gasteiger partial charge < -0.3 is 16.2 Å². The average Bonchev–Trinajstić information content (AvgIpc) is 2.50. The maximum atomic E-state index is 10.9. The molecule has 0 saturated carbocycles. The standard InChI is InChI=1S/C8H14N2.C8H11NO4S/c1-2-10-8(9)6-4-3-5-7-8;1-2-13-7-4-3-6(9)5-8(7)14(10,11)12/h3-6,10H,2,7,9H2,1H3;3-5H,2,9H2,1H3,(H,10,11,12). The zero-order valence-electron chi connectivity index (χ0n) is 13.9. The fraction of sp³-hybridized carbons (Fsp3) is 0.375. The van der Waals surface area contributed by atoms with E-state index in [0.29, 0.717) is 6.61 Å². The van der Waals surface area contributed by atoms with E-state index in [2.05, 4.69) is 18.3 Å². The van der Waals surface area contributed by atoms with Crippen molar-refractivity contribution < 1.29 is 17.7 Å². The molecule has 1 aromatic rings. The molecule has 0 aliphatic heterocycles. The molecule has 1 aromatic carbocycles. The van der Waals surface area contributed by atoms with Gasteiger partial charge in [0, 0.05) is 12.1 Å². The third-order valence-electron chi connectivity index (χ3n) is 3.15. The summed E-state index contributed by atoms with van der Waals surface area (Å²) in [7, 11) is -4.28. The highest BCUT2D eigenvalue weighted by atomic mass is 32.2. The summed E-state index contributed by atoms with van der Waals surface area (Å²) >= 11 is 0. The number of ether oxygens (including phenoxy) is 1. The summed E-state index contributed by atoms with van der Waals surface area (Å²) in [5.41, 5.74) is 11.3. The summed E-state index contributed by atoms with van der Waals surface area (Å²) in [5, 5.41) is 3.20. The Bertz CT molecular complexity index is 701. The lowest BCUT2D eigenvalue weighted by molar-refractivity contribution is 0.329. The lowest BCUT2D eigenvalue weighted by atomic mass is 10.0. The summed E-state index contributed by atoms with van der Waals surface area (Å²) in [6.45, 7) is 4.99. The number of hydrogen-bond acceptors (Lipinski definition) is 6. The minimum Gasteiger partial charge on any atom is -0.492 e. The first-order chi connectivity index (χ1) is 11.2. The Kier molecular flexibility index (Phi) is 7.43. The predicted molar refractivity (Wildman–Crippen MR) is 95.3 cm³/mol. The summed E-state index contributed by atoms with van der Waals surface area (Å²) in [6.07, 6.45) is 8.95. The molecule has 2 rings (SSSR count). The summed E-state index contributed by atoms with van der Waals surface area (Å²) < 4.78 is 35.7. The van der Waals surface area contributed by atoms with Crippen LogP contribution in [0.3, 0.4) is 0 Å². The number of allylic oxidation sites excluding steroid dienone is 2. The van der Waals surface area contributed by atoms with Crippen molar-refractivity contribution >= 4 is 15.8 Å². The van der Waals surface area contributed by atoms with Crippen LogP contribution in [0.2, 0.25) is 0 Å². The minimum absolute atomic E-state index is 0.101.